The average Bonchev–Trinajstić information content (AvgIpc) is 3.36. The minimum absolute atomic E-state index is 0.215. The summed E-state index contributed by atoms with van der Waals surface area (Å²) in [6, 6.07) is 10.6. The molecule has 3 rings (SSSR count). The van der Waals surface area contributed by atoms with E-state index in [0.29, 0.717) is 18.3 Å². The summed E-state index contributed by atoms with van der Waals surface area (Å²) >= 11 is 0. The van der Waals surface area contributed by atoms with Gasteiger partial charge in [-0.3, -0.25) is 4.79 Å². The van der Waals surface area contributed by atoms with Gasteiger partial charge in [0.1, 0.15) is 0 Å². The number of piperidine rings is 1. The fraction of sp³-hybridized carbons (Fsp3) is 0.632. The summed E-state index contributed by atoms with van der Waals surface area (Å²) < 4.78 is 0. The van der Waals surface area contributed by atoms with Crippen LogP contribution in [0.5, 0.6) is 0 Å². The van der Waals surface area contributed by atoms with Crippen LogP contribution in [0.4, 0.5) is 0 Å². The van der Waals surface area contributed by atoms with Gasteiger partial charge in [-0.2, -0.15) is 0 Å². The van der Waals surface area contributed by atoms with Crippen molar-refractivity contribution in [3.05, 3.63) is 35.9 Å². The minimum atomic E-state index is 0.215. The Bertz CT molecular complexity index is 489. The number of hydrogen-bond acceptors (Lipinski definition) is 2. The Morgan fingerprint density at radius 1 is 1.36 bits per heavy atom. The molecule has 0 bridgehead atoms. The molecule has 1 saturated heterocycles. The Morgan fingerprint density at radius 3 is 2.77 bits per heavy atom. The molecule has 1 saturated carbocycles. The second-order valence-corrected chi connectivity index (χ2v) is 7.21. The molecule has 0 spiro atoms. The van der Waals surface area contributed by atoms with E-state index in [1.807, 2.05) is 0 Å². The Labute approximate surface area is 133 Å². The van der Waals surface area contributed by atoms with Crippen molar-refractivity contribution in [1.82, 2.24) is 10.6 Å². The zero-order valence-electron chi connectivity index (χ0n) is 13.6. The van der Waals surface area contributed by atoms with Gasteiger partial charge in [0.2, 0.25) is 5.91 Å². The summed E-state index contributed by atoms with van der Waals surface area (Å²) in [5, 5.41) is 6.64. The van der Waals surface area contributed by atoms with Crippen LogP contribution in [0.2, 0.25) is 0 Å². The third kappa shape index (κ3) is 3.70. The monoisotopic (exact) mass is 300 g/mol. The van der Waals surface area contributed by atoms with Crippen molar-refractivity contribution < 1.29 is 4.79 Å². The van der Waals surface area contributed by atoms with Crippen molar-refractivity contribution in [2.24, 2.45) is 11.8 Å². The SMILES string of the molecule is CC(CC(=O)NCC1(c2ccccc2)CC1)C1CCCNC1. The molecule has 22 heavy (non-hydrogen) atoms. The van der Waals surface area contributed by atoms with Gasteiger partial charge in [0.25, 0.3) is 0 Å². The fourth-order valence-corrected chi connectivity index (χ4v) is 3.67. The molecule has 3 heteroatoms. The summed E-state index contributed by atoms with van der Waals surface area (Å²) in [7, 11) is 0. The Balaban J connectivity index is 1.46. The van der Waals surface area contributed by atoms with Gasteiger partial charge in [-0.15, -0.1) is 0 Å². The maximum absolute atomic E-state index is 12.3. The van der Waals surface area contributed by atoms with Crippen LogP contribution in [0.1, 0.15) is 44.6 Å². The molecule has 0 radical (unpaired) electrons. The van der Waals surface area contributed by atoms with Gasteiger partial charge >= 0.3 is 0 Å². The van der Waals surface area contributed by atoms with Crippen LogP contribution in [0, 0.1) is 11.8 Å². The van der Waals surface area contributed by atoms with E-state index < -0.39 is 0 Å². The highest BCUT2D eigenvalue weighted by atomic mass is 16.1. The van der Waals surface area contributed by atoms with E-state index in [-0.39, 0.29) is 11.3 Å². The molecule has 1 aromatic carbocycles. The third-order valence-corrected chi connectivity index (χ3v) is 5.51. The molecule has 0 aromatic heterocycles. The molecule has 120 valence electrons. The van der Waals surface area contributed by atoms with E-state index in [9.17, 15) is 4.79 Å². The highest BCUT2D eigenvalue weighted by Crippen LogP contribution is 2.47. The molecule has 1 heterocycles. The van der Waals surface area contributed by atoms with E-state index in [1.54, 1.807) is 0 Å². The lowest BCUT2D eigenvalue weighted by Crippen LogP contribution is -2.37. The molecule has 2 aliphatic rings. The lowest BCUT2D eigenvalue weighted by molar-refractivity contribution is -0.122. The van der Waals surface area contributed by atoms with Gasteiger partial charge in [0.05, 0.1) is 0 Å². The zero-order chi connectivity index (χ0) is 15.4. The van der Waals surface area contributed by atoms with Gasteiger partial charge in [0, 0.05) is 18.4 Å². The van der Waals surface area contributed by atoms with Crippen molar-refractivity contribution in [2.75, 3.05) is 19.6 Å². The predicted octanol–water partition coefficient (Wildman–Crippen LogP) is 2.86. The summed E-state index contributed by atoms with van der Waals surface area (Å²) in [4.78, 5) is 12.3. The minimum Gasteiger partial charge on any atom is -0.355 e. The van der Waals surface area contributed by atoms with Gasteiger partial charge in [-0.05, 0) is 56.2 Å². The van der Waals surface area contributed by atoms with Crippen LogP contribution in [-0.2, 0) is 10.2 Å². The van der Waals surface area contributed by atoms with Crippen molar-refractivity contribution in [2.45, 2.75) is 44.4 Å². The van der Waals surface area contributed by atoms with E-state index in [1.165, 1.54) is 31.2 Å². The third-order valence-electron chi connectivity index (χ3n) is 5.51. The van der Waals surface area contributed by atoms with Crippen molar-refractivity contribution in [1.29, 1.82) is 0 Å². The molecule has 1 aromatic rings. The normalized spacial score (nSPS) is 24.5. The lowest BCUT2D eigenvalue weighted by Gasteiger charge is -2.28. The summed E-state index contributed by atoms with van der Waals surface area (Å²) in [6.45, 7) is 5.23. The summed E-state index contributed by atoms with van der Waals surface area (Å²) in [5.74, 6) is 1.35. The topological polar surface area (TPSA) is 41.1 Å². The van der Waals surface area contributed by atoms with Gasteiger partial charge < -0.3 is 10.6 Å². The first-order valence-corrected chi connectivity index (χ1v) is 8.73. The Hall–Kier alpha value is -1.35. The number of rotatable bonds is 6. The summed E-state index contributed by atoms with van der Waals surface area (Å²) in [5.41, 5.74) is 1.59. The zero-order valence-corrected chi connectivity index (χ0v) is 13.6. The van der Waals surface area contributed by atoms with E-state index in [2.05, 4.69) is 47.9 Å². The maximum atomic E-state index is 12.3. The van der Waals surface area contributed by atoms with E-state index in [0.717, 1.165) is 19.6 Å². The molecule has 3 nitrogen and oxygen atoms in total. The number of benzene rings is 1. The Morgan fingerprint density at radius 2 is 2.14 bits per heavy atom. The van der Waals surface area contributed by atoms with Crippen molar-refractivity contribution in [3.63, 3.8) is 0 Å². The van der Waals surface area contributed by atoms with Crippen molar-refractivity contribution >= 4 is 5.91 Å². The number of nitrogens with one attached hydrogen (secondary N) is 2. The fourth-order valence-electron chi connectivity index (χ4n) is 3.67. The molecule has 1 aliphatic carbocycles. The largest absolute Gasteiger partial charge is 0.355 e. The molecule has 2 N–H and O–H groups in total. The van der Waals surface area contributed by atoms with Crippen LogP contribution in [0.3, 0.4) is 0 Å². The van der Waals surface area contributed by atoms with Crippen LogP contribution >= 0.6 is 0 Å². The number of carbonyl (C=O) groups is 1. The second kappa shape index (κ2) is 6.82. The van der Waals surface area contributed by atoms with E-state index in [4.69, 9.17) is 0 Å². The molecular formula is C19H28N2O. The first-order valence-electron chi connectivity index (χ1n) is 8.73. The molecule has 2 atom stereocenters. The van der Waals surface area contributed by atoms with Crippen LogP contribution in [0.25, 0.3) is 0 Å². The first kappa shape index (κ1) is 15.5. The van der Waals surface area contributed by atoms with Crippen LogP contribution < -0.4 is 10.6 Å². The average molecular weight is 300 g/mol. The number of carbonyl (C=O) groups excluding carboxylic acids is 1. The number of amides is 1. The molecular weight excluding hydrogens is 272 g/mol. The molecule has 1 aliphatic heterocycles. The van der Waals surface area contributed by atoms with Gasteiger partial charge in [-0.1, -0.05) is 37.3 Å². The van der Waals surface area contributed by atoms with Crippen LogP contribution in [-0.4, -0.2) is 25.5 Å². The first-order chi connectivity index (χ1) is 10.7. The van der Waals surface area contributed by atoms with Gasteiger partial charge in [-0.25, -0.2) is 0 Å². The Kier molecular flexibility index (Phi) is 4.82. The second-order valence-electron chi connectivity index (χ2n) is 7.21. The maximum Gasteiger partial charge on any atom is 0.220 e. The van der Waals surface area contributed by atoms with Crippen LogP contribution in [0.15, 0.2) is 30.3 Å². The smallest absolute Gasteiger partial charge is 0.220 e. The summed E-state index contributed by atoms with van der Waals surface area (Å²) in [6.07, 6.45) is 5.55. The number of hydrogen-bond donors (Lipinski definition) is 2. The predicted molar refractivity (Wildman–Crippen MR) is 89.7 cm³/mol. The highest BCUT2D eigenvalue weighted by Gasteiger charge is 2.44. The van der Waals surface area contributed by atoms with Gasteiger partial charge in [0.15, 0.2) is 0 Å². The molecule has 2 unspecified atom stereocenters. The highest BCUT2D eigenvalue weighted by molar-refractivity contribution is 5.76. The molecule has 2 fully saturated rings. The molecule has 1 amide bonds. The van der Waals surface area contributed by atoms with Crippen molar-refractivity contribution in [3.8, 4) is 0 Å². The van der Waals surface area contributed by atoms with E-state index >= 15 is 0 Å². The quantitative estimate of drug-likeness (QED) is 0.848. The lowest BCUT2D eigenvalue weighted by atomic mass is 9.85. The standard InChI is InChI=1S/C19H28N2O/c1-15(16-6-5-11-20-13-16)12-18(22)21-14-19(9-10-19)17-7-3-2-4-8-17/h2-4,7-8,15-16,20H,5-6,9-14H2,1H3,(H,21,22).